The highest BCUT2D eigenvalue weighted by Crippen LogP contribution is 2.34. The van der Waals surface area contributed by atoms with Crippen molar-refractivity contribution in [2.75, 3.05) is 25.5 Å². The van der Waals surface area contributed by atoms with Gasteiger partial charge < -0.3 is 15.2 Å². The van der Waals surface area contributed by atoms with Gasteiger partial charge in [-0.1, -0.05) is 23.2 Å². The van der Waals surface area contributed by atoms with Crippen LogP contribution in [0.15, 0.2) is 42.6 Å². The van der Waals surface area contributed by atoms with E-state index in [1.807, 2.05) is 18.2 Å². The molecule has 1 aromatic heterocycles. The highest BCUT2D eigenvalue weighted by Gasteiger charge is 2.21. The lowest BCUT2D eigenvalue weighted by molar-refractivity contribution is 0.102. The molecule has 27 heavy (non-hydrogen) atoms. The van der Waals surface area contributed by atoms with Gasteiger partial charge in [-0.3, -0.25) is 4.79 Å². The summed E-state index contributed by atoms with van der Waals surface area (Å²) in [5, 5.41) is 5.01. The maximum atomic E-state index is 12.6. The molecular weight excluding hydrogens is 381 g/mol. The van der Waals surface area contributed by atoms with Crippen molar-refractivity contribution in [1.29, 1.82) is 0 Å². The van der Waals surface area contributed by atoms with Crippen LogP contribution < -0.4 is 5.32 Å². The van der Waals surface area contributed by atoms with E-state index in [0.717, 1.165) is 37.1 Å². The first-order chi connectivity index (χ1) is 13.0. The number of likely N-dealkylation sites (tertiary alicyclic amines) is 1. The molecule has 0 spiro atoms. The molecule has 1 amide bonds. The molecule has 3 aromatic rings. The average Bonchev–Trinajstić information content (AvgIpc) is 3.05. The number of rotatable bonds is 3. The van der Waals surface area contributed by atoms with Crippen molar-refractivity contribution in [1.82, 2.24) is 9.88 Å². The van der Waals surface area contributed by atoms with Crippen LogP contribution in [0.4, 0.5) is 5.69 Å². The standard InChI is InChI=1S/C21H21Cl2N3O/c1-26-6-4-13(5-7-26)19-12-24-20-3-2-17(11-18(19)20)25-21(27)14-8-15(22)10-16(23)9-14/h2-3,8-13,24H,4-7H2,1H3,(H,25,27). The number of nitrogens with zero attached hydrogens (tertiary/aromatic N) is 1. The Bertz CT molecular complexity index is 970. The molecule has 1 saturated heterocycles. The zero-order valence-electron chi connectivity index (χ0n) is 15.1. The van der Waals surface area contributed by atoms with Gasteiger partial charge in [-0.05, 0) is 80.9 Å². The molecule has 1 aliphatic heterocycles. The minimum atomic E-state index is -0.227. The van der Waals surface area contributed by atoms with E-state index in [-0.39, 0.29) is 5.91 Å². The SMILES string of the molecule is CN1CCC(c2c[nH]c3ccc(NC(=O)c4cc(Cl)cc(Cl)c4)cc23)CC1. The largest absolute Gasteiger partial charge is 0.361 e. The van der Waals surface area contributed by atoms with Crippen LogP contribution in [-0.4, -0.2) is 35.9 Å². The molecule has 6 heteroatoms. The van der Waals surface area contributed by atoms with Crippen LogP contribution >= 0.6 is 23.2 Å². The van der Waals surface area contributed by atoms with Gasteiger partial charge in [0.25, 0.3) is 5.91 Å². The van der Waals surface area contributed by atoms with Gasteiger partial charge in [0.2, 0.25) is 0 Å². The molecule has 1 fully saturated rings. The summed E-state index contributed by atoms with van der Waals surface area (Å²) in [6.07, 6.45) is 4.42. The molecule has 0 aliphatic carbocycles. The van der Waals surface area contributed by atoms with E-state index in [4.69, 9.17) is 23.2 Å². The van der Waals surface area contributed by atoms with Gasteiger partial charge >= 0.3 is 0 Å². The van der Waals surface area contributed by atoms with E-state index < -0.39 is 0 Å². The number of halogens is 2. The number of carbonyl (C=O) groups excluding carboxylic acids is 1. The third kappa shape index (κ3) is 3.98. The van der Waals surface area contributed by atoms with Crippen LogP contribution in [0, 0.1) is 0 Å². The summed E-state index contributed by atoms with van der Waals surface area (Å²) < 4.78 is 0. The van der Waals surface area contributed by atoms with Crippen molar-refractivity contribution in [2.24, 2.45) is 0 Å². The van der Waals surface area contributed by atoms with Crippen molar-refractivity contribution in [3.8, 4) is 0 Å². The third-order valence-electron chi connectivity index (χ3n) is 5.25. The molecule has 4 nitrogen and oxygen atoms in total. The summed E-state index contributed by atoms with van der Waals surface area (Å²) >= 11 is 12.0. The summed E-state index contributed by atoms with van der Waals surface area (Å²) in [6, 6.07) is 10.8. The Hall–Kier alpha value is -2.01. The predicted octanol–water partition coefficient (Wildman–Crippen LogP) is 5.54. The van der Waals surface area contributed by atoms with Crippen molar-refractivity contribution in [2.45, 2.75) is 18.8 Å². The molecule has 1 aliphatic rings. The molecule has 2 aromatic carbocycles. The van der Waals surface area contributed by atoms with E-state index in [1.165, 1.54) is 10.9 Å². The number of benzene rings is 2. The predicted molar refractivity (Wildman–Crippen MR) is 112 cm³/mol. The Morgan fingerprint density at radius 2 is 1.81 bits per heavy atom. The summed E-state index contributed by atoms with van der Waals surface area (Å²) in [6.45, 7) is 2.23. The summed E-state index contributed by atoms with van der Waals surface area (Å²) in [5.41, 5.74) is 3.63. The normalized spacial score (nSPS) is 16.0. The van der Waals surface area contributed by atoms with Crippen molar-refractivity contribution < 1.29 is 4.79 Å². The number of nitrogens with one attached hydrogen (secondary N) is 2. The Balaban J connectivity index is 1.59. The van der Waals surface area contributed by atoms with Crippen LogP contribution in [-0.2, 0) is 0 Å². The highest BCUT2D eigenvalue weighted by atomic mass is 35.5. The molecule has 0 radical (unpaired) electrons. The molecule has 0 bridgehead atoms. The molecule has 140 valence electrons. The number of piperidine rings is 1. The lowest BCUT2D eigenvalue weighted by Gasteiger charge is -2.28. The fourth-order valence-corrected chi connectivity index (χ4v) is 4.29. The second kappa shape index (κ2) is 7.55. The van der Waals surface area contributed by atoms with Gasteiger partial charge in [-0.15, -0.1) is 0 Å². The van der Waals surface area contributed by atoms with Crippen molar-refractivity contribution in [3.63, 3.8) is 0 Å². The van der Waals surface area contributed by atoms with Crippen molar-refractivity contribution >= 4 is 45.7 Å². The van der Waals surface area contributed by atoms with Crippen LogP contribution in [0.25, 0.3) is 10.9 Å². The van der Waals surface area contributed by atoms with E-state index >= 15 is 0 Å². The number of anilines is 1. The molecule has 4 rings (SSSR count). The maximum absolute atomic E-state index is 12.6. The third-order valence-corrected chi connectivity index (χ3v) is 5.69. The first kappa shape index (κ1) is 18.4. The van der Waals surface area contributed by atoms with Crippen molar-refractivity contribution in [3.05, 3.63) is 63.8 Å². The summed E-state index contributed by atoms with van der Waals surface area (Å²) in [7, 11) is 2.17. The van der Waals surface area contributed by atoms with Crippen LogP contribution in [0.3, 0.4) is 0 Å². The topological polar surface area (TPSA) is 48.1 Å². The fourth-order valence-electron chi connectivity index (χ4n) is 3.77. The highest BCUT2D eigenvalue weighted by molar-refractivity contribution is 6.35. The number of fused-ring (bicyclic) bond motifs is 1. The zero-order chi connectivity index (χ0) is 19.0. The Labute approximate surface area is 168 Å². The number of H-pyrrole nitrogens is 1. The fraction of sp³-hybridized carbons (Fsp3) is 0.286. The Kier molecular flexibility index (Phi) is 5.13. The number of aromatic amines is 1. The van der Waals surface area contributed by atoms with E-state index in [1.54, 1.807) is 18.2 Å². The molecular formula is C21H21Cl2N3O. The summed E-state index contributed by atoms with van der Waals surface area (Å²) in [4.78, 5) is 18.3. The second-order valence-corrected chi connectivity index (χ2v) is 8.07. The Morgan fingerprint density at radius 3 is 2.52 bits per heavy atom. The molecule has 0 unspecified atom stereocenters. The van der Waals surface area contributed by atoms with Gasteiger partial charge in [-0.2, -0.15) is 0 Å². The lowest BCUT2D eigenvalue weighted by atomic mass is 9.89. The molecule has 0 atom stereocenters. The average molecular weight is 402 g/mol. The van der Waals surface area contributed by atoms with Crippen LogP contribution in [0.1, 0.15) is 34.7 Å². The van der Waals surface area contributed by atoms with Gasteiger partial charge in [0, 0.05) is 38.4 Å². The quantitative estimate of drug-likeness (QED) is 0.605. The maximum Gasteiger partial charge on any atom is 0.255 e. The number of aromatic nitrogens is 1. The van der Waals surface area contributed by atoms with E-state index in [0.29, 0.717) is 21.5 Å². The zero-order valence-corrected chi connectivity index (χ0v) is 16.6. The summed E-state index contributed by atoms with van der Waals surface area (Å²) in [5.74, 6) is 0.322. The number of carbonyl (C=O) groups is 1. The number of hydrogen-bond acceptors (Lipinski definition) is 2. The first-order valence-corrected chi connectivity index (χ1v) is 9.82. The van der Waals surface area contributed by atoms with E-state index in [9.17, 15) is 4.79 Å². The minimum absolute atomic E-state index is 0.227. The Morgan fingerprint density at radius 1 is 1.11 bits per heavy atom. The van der Waals surface area contributed by atoms with Gasteiger partial charge in [0.1, 0.15) is 0 Å². The molecule has 2 N–H and O–H groups in total. The van der Waals surface area contributed by atoms with Gasteiger partial charge in [0.15, 0.2) is 0 Å². The molecule has 2 heterocycles. The van der Waals surface area contributed by atoms with E-state index in [2.05, 4.69) is 28.4 Å². The number of hydrogen-bond donors (Lipinski definition) is 2. The molecule has 0 saturated carbocycles. The smallest absolute Gasteiger partial charge is 0.255 e. The lowest BCUT2D eigenvalue weighted by Crippen LogP contribution is -2.29. The van der Waals surface area contributed by atoms with Crippen LogP contribution in [0.5, 0.6) is 0 Å². The monoisotopic (exact) mass is 401 g/mol. The van der Waals surface area contributed by atoms with Crippen LogP contribution in [0.2, 0.25) is 10.0 Å². The first-order valence-electron chi connectivity index (χ1n) is 9.06. The second-order valence-electron chi connectivity index (χ2n) is 7.19. The number of amides is 1. The minimum Gasteiger partial charge on any atom is -0.361 e. The van der Waals surface area contributed by atoms with Gasteiger partial charge in [-0.25, -0.2) is 0 Å². The van der Waals surface area contributed by atoms with Gasteiger partial charge in [0.05, 0.1) is 0 Å².